The van der Waals surface area contributed by atoms with Gasteiger partial charge in [-0.15, -0.1) is 45.5 Å². The second-order valence-electron chi connectivity index (χ2n) is 6.84. The highest BCUT2D eigenvalue weighted by atomic mass is 127. The van der Waals surface area contributed by atoms with Gasteiger partial charge in [-0.25, -0.2) is 4.99 Å². The molecule has 3 heterocycles. The van der Waals surface area contributed by atoms with Crippen LogP contribution in [-0.2, 0) is 19.5 Å². The van der Waals surface area contributed by atoms with E-state index in [2.05, 4.69) is 62.0 Å². The third-order valence-corrected chi connectivity index (χ3v) is 5.76. The minimum Gasteiger partial charge on any atom is -0.493 e. The summed E-state index contributed by atoms with van der Waals surface area (Å²) in [6.45, 7) is 4.98. The second kappa shape index (κ2) is 11.3. The molecule has 1 aliphatic heterocycles. The van der Waals surface area contributed by atoms with E-state index in [0.29, 0.717) is 13.2 Å². The van der Waals surface area contributed by atoms with Gasteiger partial charge in [-0.1, -0.05) is 31.2 Å². The number of fused-ring (bicyclic) bond motifs is 1. The number of aliphatic imine (C=N–C) groups is 1. The first-order valence-electron chi connectivity index (χ1n) is 9.99. The molecule has 0 saturated heterocycles. The molecule has 3 aromatic rings. The van der Waals surface area contributed by atoms with Crippen molar-refractivity contribution in [2.24, 2.45) is 4.99 Å². The van der Waals surface area contributed by atoms with Gasteiger partial charge < -0.3 is 19.9 Å². The van der Waals surface area contributed by atoms with Crippen molar-refractivity contribution >= 4 is 41.3 Å². The number of nitrogens with zero attached hydrogens (tertiary/aromatic N) is 4. The van der Waals surface area contributed by atoms with Crippen molar-refractivity contribution in [3.05, 3.63) is 64.4 Å². The number of nitrogens with one attached hydrogen (secondary N) is 2. The highest BCUT2D eigenvalue weighted by Crippen LogP contribution is 2.31. The molecule has 4 rings (SSSR count). The number of guanidine groups is 1. The van der Waals surface area contributed by atoms with Crippen LogP contribution in [0.2, 0.25) is 0 Å². The van der Waals surface area contributed by atoms with Crippen LogP contribution in [0.25, 0.3) is 0 Å². The minimum absolute atomic E-state index is 0. The molecule has 1 aromatic carbocycles. The molecule has 0 fully saturated rings. The van der Waals surface area contributed by atoms with Crippen LogP contribution in [0.4, 0.5) is 0 Å². The maximum atomic E-state index is 5.79. The average molecular weight is 538 g/mol. The van der Waals surface area contributed by atoms with E-state index in [0.717, 1.165) is 43.5 Å². The van der Waals surface area contributed by atoms with Gasteiger partial charge in [0.05, 0.1) is 19.2 Å². The van der Waals surface area contributed by atoms with Crippen LogP contribution in [0, 0.1) is 0 Å². The van der Waals surface area contributed by atoms with Crippen molar-refractivity contribution in [3.8, 4) is 5.75 Å². The fraction of sp³-hybridized carbons (Fsp3) is 0.381. The zero-order valence-corrected chi connectivity index (χ0v) is 20.1. The zero-order chi connectivity index (χ0) is 19.9. The summed E-state index contributed by atoms with van der Waals surface area (Å²) < 4.78 is 7.87. The van der Waals surface area contributed by atoms with Crippen molar-refractivity contribution < 1.29 is 4.74 Å². The van der Waals surface area contributed by atoms with Gasteiger partial charge in [0, 0.05) is 36.4 Å². The topological polar surface area (TPSA) is 76.4 Å². The molecule has 0 spiro atoms. The van der Waals surface area contributed by atoms with E-state index in [1.807, 2.05) is 12.1 Å². The lowest BCUT2D eigenvalue weighted by atomic mass is 10.0. The van der Waals surface area contributed by atoms with E-state index in [9.17, 15) is 0 Å². The molecule has 160 valence electrons. The molecule has 2 N–H and O–H groups in total. The Bertz CT molecular complexity index is 943. The summed E-state index contributed by atoms with van der Waals surface area (Å²) in [6.07, 6.45) is 3.56. The Morgan fingerprint density at radius 1 is 1.30 bits per heavy atom. The molecule has 0 radical (unpaired) electrons. The smallest absolute Gasteiger partial charge is 0.192 e. The summed E-state index contributed by atoms with van der Waals surface area (Å²) in [5, 5.41) is 17.3. The van der Waals surface area contributed by atoms with Crippen molar-refractivity contribution in [3.63, 3.8) is 0 Å². The number of hydrogen-bond donors (Lipinski definition) is 2. The van der Waals surface area contributed by atoms with Gasteiger partial charge in [0.1, 0.15) is 17.9 Å². The van der Waals surface area contributed by atoms with Crippen LogP contribution >= 0.6 is 35.3 Å². The third-order valence-electron chi connectivity index (χ3n) is 4.90. The molecule has 0 saturated carbocycles. The normalized spacial score (nSPS) is 15.6. The average Bonchev–Trinajstić information content (AvgIpc) is 3.44. The second-order valence-corrected chi connectivity index (χ2v) is 7.87. The lowest BCUT2D eigenvalue weighted by Crippen LogP contribution is -2.42. The minimum atomic E-state index is 0. The fourth-order valence-electron chi connectivity index (χ4n) is 3.40. The quantitative estimate of drug-likeness (QED) is 0.272. The summed E-state index contributed by atoms with van der Waals surface area (Å²) in [6, 6.07) is 12.6. The summed E-state index contributed by atoms with van der Waals surface area (Å²) in [5.74, 6) is 2.76. The maximum Gasteiger partial charge on any atom is 0.192 e. The highest BCUT2D eigenvalue weighted by Gasteiger charge is 2.21. The maximum absolute atomic E-state index is 5.79. The van der Waals surface area contributed by atoms with E-state index in [-0.39, 0.29) is 30.0 Å². The molecular weight excluding hydrogens is 511 g/mol. The van der Waals surface area contributed by atoms with Crippen LogP contribution < -0.4 is 15.4 Å². The Morgan fingerprint density at radius 3 is 3.03 bits per heavy atom. The van der Waals surface area contributed by atoms with Gasteiger partial charge >= 0.3 is 0 Å². The number of rotatable bonds is 7. The van der Waals surface area contributed by atoms with Gasteiger partial charge in [0.2, 0.25) is 0 Å². The summed E-state index contributed by atoms with van der Waals surface area (Å²) in [4.78, 5) is 6.06. The molecule has 7 nitrogen and oxygen atoms in total. The molecule has 1 atom stereocenters. The first-order valence-corrected chi connectivity index (χ1v) is 10.9. The molecule has 1 aliphatic rings. The summed E-state index contributed by atoms with van der Waals surface area (Å²) >= 11 is 1.72. The lowest BCUT2D eigenvalue weighted by Gasteiger charge is -2.28. The molecule has 1 unspecified atom stereocenters. The third kappa shape index (κ3) is 5.72. The Kier molecular flexibility index (Phi) is 8.50. The van der Waals surface area contributed by atoms with E-state index in [4.69, 9.17) is 9.73 Å². The fourth-order valence-corrected chi connectivity index (χ4v) is 4.03. The van der Waals surface area contributed by atoms with E-state index < -0.39 is 0 Å². The molecule has 0 bridgehead atoms. The number of halogens is 1. The standard InChI is InChI=1S/C21H26N6OS.HI/c1-2-20-26-24-15-27(20)11-10-22-21(23-14-16-6-5-13-29-16)25-18-9-12-28-19-8-4-3-7-17(18)19;/h3-8,13,15,18H,2,9-12,14H2,1H3,(H2,22,23,25);1H. The number of aryl methyl sites for hydroxylation is 1. The Hall–Kier alpha value is -2.14. The summed E-state index contributed by atoms with van der Waals surface area (Å²) in [5.41, 5.74) is 1.18. The molecule has 9 heteroatoms. The van der Waals surface area contributed by atoms with Crippen LogP contribution in [0.5, 0.6) is 5.75 Å². The number of benzene rings is 1. The van der Waals surface area contributed by atoms with E-state index in [1.165, 1.54) is 10.4 Å². The Morgan fingerprint density at radius 2 is 2.20 bits per heavy atom. The van der Waals surface area contributed by atoms with Crippen molar-refractivity contribution in [1.82, 2.24) is 25.4 Å². The summed E-state index contributed by atoms with van der Waals surface area (Å²) in [7, 11) is 0. The zero-order valence-electron chi connectivity index (χ0n) is 17.0. The van der Waals surface area contributed by atoms with Crippen LogP contribution in [0.3, 0.4) is 0 Å². The van der Waals surface area contributed by atoms with Crippen LogP contribution in [0.1, 0.15) is 35.7 Å². The van der Waals surface area contributed by atoms with Gasteiger partial charge in [0.25, 0.3) is 0 Å². The Balaban J connectivity index is 0.00000256. The van der Waals surface area contributed by atoms with Crippen LogP contribution in [0.15, 0.2) is 53.1 Å². The number of para-hydroxylation sites is 1. The predicted octanol–water partition coefficient (Wildman–Crippen LogP) is 3.78. The monoisotopic (exact) mass is 538 g/mol. The number of aromatic nitrogens is 3. The van der Waals surface area contributed by atoms with Gasteiger partial charge in [-0.3, -0.25) is 0 Å². The predicted molar refractivity (Wildman–Crippen MR) is 131 cm³/mol. The van der Waals surface area contributed by atoms with Gasteiger partial charge in [-0.05, 0) is 17.5 Å². The first-order chi connectivity index (χ1) is 14.3. The number of hydrogen-bond acceptors (Lipinski definition) is 5. The molecular formula is C21H27IN6OS. The SMILES string of the molecule is CCc1nncn1CCNC(=NCc1cccs1)NC1CCOc2ccccc21.I. The number of thiophene rings is 1. The van der Waals surface area contributed by atoms with Gasteiger partial charge in [0.15, 0.2) is 5.96 Å². The first kappa shape index (κ1) is 22.5. The molecule has 2 aromatic heterocycles. The van der Waals surface area contributed by atoms with Gasteiger partial charge in [-0.2, -0.15) is 0 Å². The Labute approximate surface area is 198 Å². The van der Waals surface area contributed by atoms with Crippen LogP contribution in [-0.4, -0.2) is 33.9 Å². The van der Waals surface area contributed by atoms with E-state index in [1.54, 1.807) is 17.7 Å². The van der Waals surface area contributed by atoms with Crippen molar-refractivity contribution in [2.75, 3.05) is 13.2 Å². The van der Waals surface area contributed by atoms with E-state index >= 15 is 0 Å². The molecule has 30 heavy (non-hydrogen) atoms. The molecule has 0 amide bonds. The number of ether oxygens (including phenoxy) is 1. The highest BCUT2D eigenvalue weighted by molar-refractivity contribution is 14.0. The van der Waals surface area contributed by atoms with Crippen molar-refractivity contribution in [1.29, 1.82) is 0 Å². The largest absolute Gasteiger partial charge is 0.493 e. The van der Waals surface area contributed by atoms with Crippen molar-refractivity contribution in [2.45, 2.75) is 38.9 Å². The molecule has 0 aliphatic carbocycles. The lowest BCUT2D eigenvalue weighted by molar-refractivity contribution is 0.261.